The Morgan fingerprint density at radius 3 is 2.82 bits per heavy atom. The van der Waals surface area contributed by atoms with Crippen molar-refractivity contribution in [2.45, 2.75) is 6.04 Å². The molecule has 4 heterocycles. The van der Waals surface area contributed by atoms with Crippen molar-refractivity contribution in [2.75, 3.05) is 18.0 Å². The van der Waals surface area contributed by atoms with Gasteiger partial charge in [-0.1, -0.05) is 0 Å². The topological polar surface area (TPSA) is 103 Å². The molecule has 0 atom stereocenters. The second-order valence-electron chi connectivity index (χ2n) is 5.20. The molecule has 3 aromatic heterocycles. The summed E-state index contributed by atoms with van der Waals surface area (Å²) in [4.78, 5) is 26.1. The zero-order valence-electron chi connectivity index (χ0n) is 11.6. The van der Waals surface area contributed by atoms with Crippen molar-refractivity contribution in [1.29, 1.82) is 0 Å². The molecule has 3 aromatic rings. The molecule has 4 rings (SSSR count). The van der Waals surface area contributed by atoms with Crippen molar-refractivity contribution < 1.29 is 4.79 Å². The van der Waals surface area contributed by atoms with Crippen LogP contribution in [0.3, 0.4) is 0 Å². The molecule has 22 heavy (non-hydrogen) atoms. The van der Waals surface area contributed by atoms with E-state index in [1.165, 1.54) is 6.20 Å². The minimum absolute atomic E-state index is 0.215. The number of pyridine rings is 1. The summed E-state index contributed by atoms with van der Waals surface area (Å²) in [7, 11) is 0. The van der Waals surface area contributed by atoms with E-state index in [-0.39, 0.29) is 6.04 Å². The number of primary amides is 1. The van der Waals surface area contributed by atoms with Crippen molar-refractivity contribution >= 4 is 22.9 Å². The lowest BCUT2D eigenvalue weighted by Gasteiger charge is -2.40. The van der Waals surface area contributed by atoms with Crippen LogP contribution in [0.25, 0.3) is 11.2 Å². The van der Waals surface area contributed by atoms with Gasteiger partial charge in [0, 0.05) is 31.7 Å². The summed E-state index contributed by atoms with van der Waals surface area (Å²) in [5, 5.41) is 4.18. The highest BCUT2D eigenvalue weighted by molar-refractivity contribution is 5.92. The van der Waals surface area contributed by atoms with Gasteiger partial charge in [-0.2, -0.15) is 5.10 Å². The van der Waals surface area contributed by atoms with E-state index in [1.807, 2.05) is 12.1 Å². The molecule has 0 spiro atoms. The SMILES string of the molecule is NC(=O)c1cnn(C2CN(c3ccc4nccnc4n3)C2)c1. The summed E-state index contributed by atoms with van der Waals surface area (Å²) < 4.78 is 1.78. The molecule has 1 amide bonds. The fourth-order valence-electron chi connectivity index (χ4n) is 2.50. The number of amides is 1. The number of hydrogen-bond acceptors (Lipinski definition) is 6. The quantitative estimate of drug-likeness (QED) is 0.749. The molecule has 8 heteroatoms. The minimum Gasteiger partial charge on any atom is -0.366 e. The molecule has 8 nitrogen and oxygen atoms in total. The third-order valence-corrected chi connectivity index (χ3v) is 3.76. The van der Waals surface area contributed by atoms with Gasteiger partial charge in [0.05, 0.1) is 17.8 Å². The van der Waals surface area contributed by atoms with Crippen molar-refractivity contribution in [3.63, 3.8) is 0 Å². The van der Waals surface area contributed by atoms with Crippen LogP contribution >= 0.6 is 0 Å². The van der Waals surface area contributed by atoms with Crippen LogP contribution in [0.15, 0.2) is 36.9 Å². The molecule has 110 valence electrons. The van der Waals surface area contributed by atoms with E-state index in [0.29, 0.717) is 11.2 Å². The first kappa shape index (κ1) is 12.7. The Morgan fingerprint density at radius 2 is 2.05 bits per heavy atom. The number of rotatable bonds is 3. The predicted molar refractivity (Wildman–Crippen MR) is 79.3 cm³/mol. The molecular formula is C14H13N7O. The van der Waals surface area contributed by atoms with Gasteiger partial charge in [-0.15, -0.1) is 0 Å². The molecule has 2 N–H and O–H groups in total. The van der Waals surface area contributed by atoms with Crippen molar-refractivity contribution in [1.82, 2.24) is 24.7 Å². The molecule has 0 radical (unpaired) electrons. The standard InChI is InChI=1S/C14H13N7O/c15-13(22)9-5-18-21(6-9)10-7-20(8-10)12-2-1-11-14(19-12)17-4-3-16-11/h1-6,10H,7-8H2,(H2,15,22). The lowest BCUT2D eigenvalue weighted by molar-refractivity contribution is 0.1000. The van der Waals surface area contributed by atoms with Crippen LogP contribution in [-0.4, -0.2) is 43.7 Å². The lowest BCUT2D eigenvalue weighted by Crippen LogP contribution is -2.48. The van der Waals surface area contributed by atoms with Gasteiger partial charge in [-0.25, -0.2) is 9.97 Å². The van der Waals surface area contributed by atoms with E-state index in [0.717, 1.165) is 24.4 Å². The number of carbonyl (C=O) groups excluding carboxylic acids is 1. The monoisotopic (exact) mass is 295 g/mol. The first-order chi connectivity index (χ1) is 10.7. The first-order valence-electron chi connectivity index (χ1n) is 6.87. The van der Waals surface area contributed by atoms with Crippen LogP contribution in [0.1, 0.15) is 16.4 Å². The number of nitrogens with two attached hydrogens (primary N) is 1. The van der Waals surface area contributed by atoms with Gasteiger partial charge in [0.25, 0.3) is 5.91 Å². The van der Waals surface area contributed by atoms with E-state index in [4.69, 9.17) is 5.73 Å². The van der Waals surface area contributed by atoms with E-state index in [2.05, 4.69) is 25.0 Å². The molecule has 1 saturated heterocycles. The maximum absolute atomic E-state index is 11.1. The normalized spacial score (nSPS) is 15.0. The number of carbonyl (C=O) groups is 1. The van der Waals surface area contributed by atoms with Gasteiger partial charge in [0.2, 0.25) is 0 Å². The summed E-state index contributed by atoms with van der Waals surface area (Å²) >= 11 is 0. The number of hydrogen-bond donors (Lipinski definition) is 1. The first-order valence-corrected chi connectivity index (χ1v) is 6.87. The second-order valence-corrected chi connectivity index (χ2v) is 5.20. The van der Waals surface area contributed by atoms with E-state index < -0.39 is 5.91 Å². The average molecular weight is 295 g/mol. The van der Waals surface area contributed by atoms with Crippen LogP contribution < -0.4 is 10.6 Å². The van der Waals surface area contributed by atoms with Gasteiger partial charge in [-0.3, -0.25) is 14.5 Å². The van der Waals surface area contributed by atoms with Crippen LogP contribution in [0.4, 0.5) is 5.82 Å². The zero-order chi connectivity index (χ0) is 15.1. The number of aromatic nitrogens is 5. The molecule has 0 aromatic carbocycles. The molecular weight excluding hydrogens is 282 g/mol. The fourth-order valence-corrected chi connectivity index (χ4v) is 2.50. The summed E-state index contributed by atoms with van der Waals surface area (Å²) in [6, 6.07) is 4.06. The maximum atomic E-state index is 11.1. The van der Waals surface area contributed by atoms with Crippen LogP contribution in [0.5, 0.6) is 0 Å². The largest absolute Gasteiger partial charge is 0.366 e. The molecule has 0 aliphatic carbocycles. The van der Waals surface area contributed by atoms with Crippen LogP contribution in [0.2, 0.25) is 0 Å². The number of nitrogens with zero attached hydrogens (tertiary/aromatic N) is 6. The van der Waals surface area contributed by atoms with Crippen molar-refractivity contribution in [3.05, 3.63) is 42.5 Å². The molecule has 0 unspecified atom stereocenters. The van der Waals surface area contributed by atoms with Crippen LogP contribution in [-0.2, 0) is 0 Å². The average Bonchev–Trinajstić information content (AvgIpc) is 2.95. The van der Waals surface area contributed by atoms with E-state index in [1.54, 1.807) is 23.3 Å². The maximum Gasteiger partial charge on any atom is 0.251 e. The Hall–Kier alpha value is -3.03. The van der Waals surface area contributed by atoms with Gasteiger partial charge in [0.15, 0.2) is 5.65 Å². The number of fused-ring (bicyclic) bond motifs is 1. The summed E-state index contributed by atoms with van der Waals surface area (Å²) in [6.07, 6.45) is 6.46. The van der Waals surface area contributed by atoms with Gasteiger partial charge >= 0.3 is 0 Å². The zero-order valence-corrected chi connectivity index (χ0v) is 11.6. The molecule has 1 fully saturated rings. The fraction of sp³-hybridized carbons (Fsp3) is 0.214. The Morgan fingerprint density at radius 1 is 1.23 bits per heavy atom. The Kier molecular flexibility index (Phi) is 2.75. The van der Waals surface area contributed by atoms with Crippen molar-refractivity contribution in [2.24, 2.45) is 5.73 Å². The Balaban J connectivity index is 1.50. The van der Waals surface area contributed by atoms with Gasteiger partial charge in [-0.05, 0) is 12.1 Å². The predicted octanol–water partition coefficient (Wildman–Crippen LogP) is 0.381. The number of anilines is 1. The Bertz CT molecular complexity index is 853. The smallest absolute Gasteiger partial charge is 0.251 e. The Labute approximate surface area is 125 Å². The highest BCUT2D eigenvalue weighted by atomic mass is 16.1. The molecule has 0 bridgehead atoms. The van der Waals surface area contributed by atoms with E-state index >= 15 is 0 Å². The second kappa shape index (κ2) is 4.76. The highest BCUT2D eigenvalue weighted by Gasteiger charge is 2.30. The summed E-state index contributed by atoms with van der Waals surface area (Å²) in [5.74, 6) is 0.406. The third kappa shape index (κ3) is 2.05. The third-order valence-electron chi connectivity index (χ3n) is 3.76. The molecule has 1 aliphatic rings. The van der Waals surface area contributed by atoms with Gasteiger partial charge < -0.3 is 10.6 Å². The summed E-state index contributed by atoms with van der Waals surface area (Å²) in [5.41, 5.74) is 7.08. The minimum atomic E-state index is -0.461. The van der Waals surface area contributed by atoms with Gasteiger partial charge in [0.1, 0.15) is 11.3 Å². The summed E-state index contributed by atoms with van der Waals surface area (Å²) in [6.45, 7) is 1.55. The van der Waals surface area contributed by atoms with Crippen molar-refractivity contribution in [3.8, 4) is 0 Å². The van der Waals surface area contributed by atoms with Crippen LogP contribution in [0, 0.1) is 0 Å². The van der Waals surface area contributed by atoms with E-state index in [9.17, 15) is 4.79 Å². The lowest BCUT2D eigenvalue weighted by atomic mass is 10.1. The highest BCUT2D eigenvalue weighted by Crippen LogP contribution is 2.26. The molecule has 1 aliphatic heterocycles. The molecule has 0 saturated carbocycles.